The number of carbonyl (C=O) groups excluding carboxylic acids is 1. The number of Topliss-reactive ketones (excluding diaryl/α,β-unsaturated/α-hetero) is 1. The molecule has 0 saturated heterocycles. The Kier molecular flexibility index (Phi) is 4.65. The van der Waals surface area contributed by atoms with Gasteiger partial charge in [-0.25, -0.2) is 0 Å². The first-order chi connectivity index (χ1) is 6.84. The SMILES string of the molecule is NCCCC(=O)C1=C/C=C\C=C/C=C1. The van der Waals surface area contributed by atoms with E-state index in [0.29, 0.717) is 13.0 Å². The lowest BCUT2D eigenvalue weighted by molar-refractivity contribution is -0.115. The van der Waals surface area contributed by atoms with Gasteiger partial charge in [0, 0.05) is 12.0 Å². The van der Waals surface area contributed by atoms with Crippen LogP contribution in [0.1, 0.15) is 12.8 Å². The Labute approximate surface area is 84.5 Å². The number of nitrogens with two attached hydrogens (primary N) is 1. The van der Waals surface area contributed by atoms with Gasteiger partial charge in [0.15, 0.2) is 5.78 Å². The van der Waals surface area contributed by atoms with Crippen molar-refractivity contribution in [2.75, 3.05) is 6.54 Å². The summed E-state index contributed by atoms with van der Waals surface area (Å²) in [6.07, 6.45) is 14.4. The zero-order valence-corrected chi connectivity index (χ0v) is 8.15. The molecule has 0 atom stereocenters. The summed E-state index contributed by atoms with van der Waals surface area (Å²) in [4.78, 5) is 11.6. The molecule has 0 amide bonds. The number of carbonyl (C=O) groups is 1. The Morgan fingerprint density at radius 1 is 1.14 bits per heavy atom. The molecule has 74 valence electrons. The summed E-state index contributed by atoms with van der Waals surface area (Å²) < 4.78 is 0. The highest BCUT2D eigenvalue weighted by Crippen LogP contribution is 2.06. The molecule has 1 aliphatic rings. The number of hydrogen-bond acceptors (Lipinski definition) is 2. The van der Waals surface area contributed by atoms with Gasteiger partial charge in [0.05, 0.1) is 0 Å². The maximum Gasteiger partial charge on any atom is 0.162 e. The van der Waals surface area contributed by atoms with Gasteiger partial charge in [-0.05, 0) is 13.0 Å². The molecule has 0 radical (unpaired) electrons. The summed E-state index contributed by atoms with van der Waals surface area (Å²) in [6, 6.07) is 0. The summed E-state index contributed by atoms with van der Waals surface area (Å²) in [5.74, 6) is 0.159. The molecular formula is C12H15NO. The minimum Gasteiger partial charge on any atom is -0.330 e. The molecule has 0 aliphatic heterocycles. The Morgan fingerprint density at radius 2 is 1.86 bits per heavy atom. The van der Waals surface area contributed by atoms with Crippen molar-refractivity contribution in [1.29, 1.82) is 0 Å². The van der Waals surface area contributed by atoms with E-state index in [4.69, 9.17) is 5.73 Å². The predicted octanol–water partition coefficient (Wildman–Crippen LogP) is 1.90. The molecule has 0 aromatic heterocycles. The maximum absolute atomic E-state index is 11.6. The summed E-state index contributed by atoms with van der Waals surface area (Å²) in [5.41, 5.74) is 6.10. The standard InChI is InChI=1S/C12H15NO/c13-10-6-9-12(14)11-7-4-2-1-3-5-8-11/h1-5,7-8H,6,9-10,13H2/b2-1-,3-1?,4-2?,5-3-,7-4?,8-5?,11-7?,11-8?. The fraction of sp³-hybridized carbons (Fsp3) is 0.250. The summed E-state index contributed by atoms with van der Waals surface area (Å²) >= 11 is 0. The van der Waals surface area contributed by atoms with Crippen LogP contribution in [0.25, 0.3) is 0 Å². The van der Waals surface area contributed by atoms with E-state index in [9.17, 15) is 4.79 Å². The largest absolute Gasteiger partial charge is 0.330 e. The lowest BCUT2D eigenvalue weighted by atomic mass is 10.0. The lowest BCUT2D eigenvalue weighted by Crippen LogP contribution is -2.05. The molecule has 0 unspecified atom stereocenters. The zero-order chi connectivity index (χ0) is 10.2. The van der Waals surface area contributed by atoms with Crippen molar-refractivity contribution < 1.29 is 4.79 Å². The Balaban J connectivity index is 2.61. The topological polar surface area (TPSA) is 43.1 Å². The van der Waals surface area contributed by atoms with Gasteiger partial charge < -0.3 is 5.73 Å². The van der Waals surface area contributed by atoms with E-state index in [1.54, 1.807) is 0 Å². The van der Waals surface area contributed by atoms with Gasteiger partial charge in [0.25, 0.3) is 0 Å². The molecule has 0 spiro atoms. The Bertz CT molecular complexity index is 308. The van der Waals surface area contributed by atoms with E-state index in [2.05, 4.69) is 0 Å². The van der Waals surface area contributed by atoms with Crippen molar-refractivity contribution in [2.24, 2.45) is 5.73 Å². The van der Waals surface area contributed by atoms with Crippen LogP contribution in [0.3, 0.4) is 0 Å². The highest BCUT2D eigenvalue weighted by molar-refractivity contribution is 5.98. The van der Waals surface area contributed by atoms with E-state index >= 15 is 0 Å². The zero-order valence-electron chi connectivity index (χ0n) is 8.15. The third-order valence-corrected chi connectivity index (χ3v) is 1.93. The smallest absolute Gasteiger partial charge is 0.162 e. The molecular weight excluding hydrogens is 174 g/mol. The molecule has 0 fully saturated rings. The minimum atomic E-state index is 0.159. The molecule has 2 heteroatoms. The van der Waals surface area contributed by atoms with Crippen LogP contribution in [-0.2, 0) is 4.79 Å². The highest BCUT2D eigenvalue weighted by atomic mass is 16.1. The summed E-state index contributed by atoms with van der Waals surface area (Å²) in [5, 5.41) is 0. The van der Waals surface area contributed by atoms with E-state index in [1.807, 2.05) is 42.5 Å². The van der Waals surface area contributed by atoms with Crippen molar-refractivity contribution in [3.05, 3.63) is 48.1 Å². The summed E-state index contributed by atoms with van der Waals surface area (Å²) in [6.45, 7) is 0.568. The molecule has 1 aliphatic carbocycles. The van der Waals surface area contributed by atoms with Crippen LogP contribution >= 0.6 is 0 Å². The van der Waals surface area contributed by atoms with Gasteiger partial charge in [0.2, 0.25) is 0 Å². The fourth-order valence-corrected chi connectivity index (χ4v) is 1.16. The Hall–Kier alpha value is -1.41. The average molecular weight is 189 g/mol. The molecule has 2 N–H and O–H groups in total. The molecule has 0 heterocycles. The molecule has 0 saturated carbocycles. The first kappa shape index (κ1) is 10.7. The van der Waals surface area contributed by atoms with Crippen molar-refractivity contribution in [3.8, 4) is 0 Å². The molecule has 0 aromatic rings. The van der Waals surface area contributed by atoms with Crippen LogP contribution in [-0.4, -0.2) is 12.3 Å². The third kappa shape index (κ3) is 3.54. The normalized spacial score (nSPS) is 19.4. The monoisotopic (exact) mass is 189 g/mol. The predicted molar refractivity (Wildman–Crippen MR) is 58.8 cm³/mol. The van der Waals surface area contributed by atoms with Gasteiger partial charge in [-0.1, -0.05) is 42.5 Å². The van der Waals surface area contributed by atoms with Crippen LogP contribution in [0.5, 0.6) is 0 Å². The first-order valence-corrected chi connectivity index (χ1v) is 4.79. The van der Waals surface area contributed by atoms with Gasteiger partial charge >= 0.3 is 0 Å². The Morgan fingerprint density at radius 3 is 2.64 bits per heavy atom. The molecule has 1 rings (SSSR count). The van der Waals surface area contributed by atoms with E-state index in [0.717, 1.165) is 12.0 Å². The van der Waals surface area contributed by atoms with Crippen LogP contribution in [0.15, 0.2) is 48.1 Å². The highest BCUT2D eigenvalue weighted by Gasteiger charge is 2.04. The first-order valence-electron chi connectivity index (χ1n) is 4.79. The fourth-order valence-electron chi connectivity index (χ4n) is 1.16. The van der Waals surface area contributed by atoms with E-state index in [-0.39, 0.29) is 5.78 Å². The van der Waals surface area contributed by atoms with Crippen LogP contribution in [0.2, 0.25) is 0 Å². The van der Waals surface area contributed by atoms with Crippen LogP contribution in [0.4, 0.5) is 0 Å². The number of allylic oxidation sites excluding steroid dienone is 8. The minimum absolute atomic E-state index is 0.159. The van der Waals surface area contributed by atoms with Crippen LogP contribution < -0.4 is 5.73 Å². The molecule has 2 nitrogen and oxygen atoms in total. The van der Waals surface area contributed by atoms with E-state index < -0.39 is 0 Å². The number of rotatable bonds is 4. The number of hydrogen-bond donors (Lipinski definition) is 1. The van der Waals surface area contributed by atoms with Gasteiger partial charge in [-0.2, -0.15) is 0 Å². The second kappa shape index (κ2) is 6.11. The molecule has 14 heavy (non-hydrogen) atoms. The van der Waals surface area contributed by atoms with Gasteiger partial charge in [0.1, 0.15) is 0 Å². The molecule has 0 bridgehead atoms. The third-order valence-electron chi connectivity index (χ3n) is 1.93. The number of ketones is 1. The average Bonchev–Trinajstić information content (AvgIpc) is 2.13. The second-order valence-electron chi connectivity index (χ2n) is 3.07. The maximum atomic E-state index is 11.6. The quantitative estimate of drug-likeness (QED) is 0.734. The molecule has 0 aromatic carbocycles. The lowest BCUT2D eigenvalue weighted by Gasteiger charge is -2.00. The van der Waals surface area contributed by atoms with Gasteiger partial charge in [-0.15, -0.1) is 0 Å². The van der Waals surface area contributed by atoms with Crippen LogP contribution in [0, 0.1) is 0 Å². The van der Waals surface area contributed by atoms with Crippen molar-refractivity contribution in [3.63, 3.8) is 0 Å². The van der Waals surface area contributed by atoms with E-state index in [1.165, 1.54) is 0 Å². The van der Waals surface area contributed by atoms with Crippen molar-refractivity contribution in [1.82, 2.24) is 0 Å². The van der Waals surface area contributed by atoms with Crippen molar-refractivity contribution >= 4 is 5.78 Å². The second-order valence-corrected chi connectivity index (χ2v) is 3.07. The summed E-state index contributed by atoms with van der Waals surface area (Å²) in [7, 11) is 0. The van der Waals surface area contributed by atoms with Crippen molar-refractivity contribution in [2.45, 2.75) is 12.8 Å². The van der Waals surface area contributed by atoms with Gasteiger partial charge in [-0.3, -0.25) is 4.79 Å².